The Morgan fingerprint density at radius 3 is 2.53 bits per heavy atom. The van der Waals surface area contributed by atoms with Crippen LogP contribution in [-0.4, -0.2) is 19.2 Å². The maximum Gasteiger partial charge on any atom is 0.292 e. The van der Waals surface area contributed by atoms with Crippen molar-refractivity contribution >= 4 is 6.01 Å². The van der Waals surface area contributed by atoms with E-state index >= 15 is 0 Å². The molecule has 1 heterocycles. The predicted molar refractivity (Wildman–Crippen MR) is 64.2 cm³/mol. The highest BCUT2D eigenvalue weighted by atomic mass is 16.5. The topological polar surface area (TPSA) is 70.5 Å². The van der Waals surface area contributed by atoms with Crippen LogP contribution < -0.4 is 15.2 Å². The Morgan fingerprint density at radius 1 is 1.24 bits per heavy atom. The van der Waals surface area contributed by atoms with Gasteiger partial charge in [0.2, 0.25) is 0 Å². The number of benzene rings is 1. The summed E-state index contributed by atoms with van der Waals surface area (Å²) in [5.74, 6) is 2.05. The van der Waals surface area contributed by atoms with Crippen molar-refractivity contribution in [3.63, 3.8) is 0 Å². The highest BCUT2D eigenvalue weighted by molar-refractivity contribution is 5.70. The normalized spacial score (nSPS) is 10.3. The van der Waals surface area contributed by atoms with Crippen molar-refractivity contribution in [3.8, 4) is 22.8 Å². The molecule has 1 aromatic heterocycles. The number of aromatic nitrogens is 1. The smallest absolute Gasteiger partial charge is 0.292 e. The van der Waals surface area contributed by atoms with E-state index in [0.29, 0.717) is 17.2 Å². The van der Waals surface area contributed by atoms with Gasteiger partial charge in [-0.05, 0) is 19.1 Å². The molecule has 0 saturated carbocycles. The molecule has 0 spiro atoms. The molecule has 90 valence electrons. The number of rotatable bonds is 3. The summed E-state index contributed by atoms with van der Waals surface area (Å²) in [6.45, 7) is 1.81. The largest absolute Gasteiger partial charge is 0.497 e. The Labute approximate surface area is 99.2 Å². The molecule has 0 saturated heterocycles. The van der Waals surface area contributed by atoms with Gasteiger partial charge in [-0.3, -0.25) is 0 Å². The molecule has 2 rings (SSSR count). The summed E-state index contributed by atoms with van der Waals surface area (Å²) < 4.78 is 15.6. The molecule has 0 radical (unpaired) electrons. The number of nitrogens with zero attached hydrogens (tertiary/aromatic N) is 1. The third-order valence-electron chi connectivity index (χ3n) is 2.48. The molecule has 0 amide bonds. The van der Waals surface area contributed by atoms with E-state index in [2.05, 4.69) is 4.98 Å². The van der Waals surface area contributed by atoms with Crippen LogP contribution in [0.4, 0.5) is 6.01 Å². The minimum absolute atomic E-state index is 0.148. The van der Waals surface area contributed by atoms with Crippen molar-refractivity contribution < 1.29 is 13.9 Å². The lowest BCUT2D eigenvalue weighted by Crippen LogP contribution is -1.92. The lowest BCUT2D eigenvalue weighted by Gasteiger charge is -2.08. The standard InChI is InChI=1S/C12H14N2O3/c1-7-11(14-12(13)17-7)9-5-4-8(15-2)6-10(9)16-3/h4-6H,1-3H3,(H2,13,14). The third kappa shape index (κ3) is 2.04. The summed E-state index contributed by atoms with van der Waals surface area (Å²) in [7, 11) is 3.20. The first-order chi connectivity index (χ1) is 8.15. The number of nitrogen functional groups attached to an aromatic ring is 1. The fourth-order valence-corrected chi connectivity index (χ4v) is 1.66. The van der Waals surface area contributed by atoms with Gasteiger partial charge in [-0.15, -0.1) is 0 Å². The van der Waals surface area contributed by atoms with Crippen molar-refractivity contribution in [2.24, 2.45) is 0 Å². The first-order valence-electron chi connectivity index (χ1n) is 5.11. The number of anilines is 1. The van der Waals surface area contributed by atoms with Crippen LogP contribution in [0.25, 0.3) is 11.3 Å². The second kappa shape index (κ2) is 4.37. The maximum absolute atomic E-state index is 5.52. The summed E-state index contributed by atoms with van der Waals surface area (Å²) in [5, 5.41) is 0. The Hall–Kier alpha value is -2.17. The van der Waals surface area contributed by atoms with Gasteiger partial charge < -0.3 is 19.6 Å². The van der Waals surface area contributed by atoms with Crippen LogP contribution in [-0.2, 0) is 0 Å². The average Bonchev–Trinajstić information content (AvgIpc) is 2.67. The molecule has 5 heteroatoms. The van der Waals surface area contributed by atoms with Gasteiger partial charge in [0.25, 0.3) is 6.01 Å². The van der Waals surface area contributed by atoms with Crippen LogP contribution in [0.3, 0.4) is 0 Å². The molecule has 5 nitrogen and oxygen atoms in total. The summed E-state index contributed by atoms with van der Waals surface area (Å²) in [6, 6.07) is 5.64. The third-order valence-corrected chi connectivity index (χ3v) is 2.48. The van der Waals surface area contributed by atoms with Gasteiger partial charge in [0.1, 0.15) is 23.0 Å². The van der Waals surface area contributed by atoms with E-state index in [1.165, 1.54) is 0 Å². The van der Waals surface area contributed by atoms with Gasteiger partial charge in [0, 0.05) is 11.6 Å². The van der Waals surface area contributed by atoms with E-state index in [0.717, 1.165) is 11.3 Å². The quantitative estimate of drug-likeness (QED) is 0.881. The monoisotopic (exact) mass is 234 g/mol. The summed E-state index contributed by atoms with van der Waals surface area (Å²) in [5.41, 5.74) is 7.03. The van der Waals surface area contributed by atoms with E-state index in [1.807, 2.05) is 19.1 Å². The highest BCUT2D eigenvalue weighted by Gasteiger charge is 2.15. The fourth-order valence-electron chi connectivity index (χ4n) is 1.66. The number of aryl methyl sites for hydroxylation is 1. The molecule has 0 atom stereocenters. The Balaban J connectivity index is 2.55. The zero-order valence-electron chi connectivity index (χ0n) is 9.98. The molecule has 0 bridgehead atoms. The first kappa shape index (κ1) is 11.3. The first-order valence-corrected chi connectivity index (χ1v) is 5.11. The molecule has 0 aliphatic heterocycles. The molecular weight excluding hydrogens is 220 g/mol. The average molecular weight is 234 g/mol. The fraction of sp³-hybridized carbons (Fsp3) is 0.250. The van der Waals surface area contributed by atoms with Crippen LogP contribution in [0.1, 0.15) is 5.76 Å². The zero-order valence-corrected chi connectivity index (χ0v) is 9.98. The van der Waals surface area contributed by atoms with Gasteiger partial charge in [0.15, 0.2) is 0 Å². The van der Waals surface area contributed by atoms with Crippen LogP contribution in [0.2, 0.25) is 0 Å². The minimum atomic E-state index is 0.148. The van der Waals surface area contributed by atoms with Crippen LogP contribution in [0.5, 0.6) is 11.5 Å². The van der Waals surface area contributed by atoms with E-state index in [4.69, 9.17) is 19.6 Å². The number of hydrogen-bond donors (Lipinski definition) is 1. The van der Waals surface area contributed by atoms with Gasteiger partial charge in [-0.25, -0.2) is 0 Å². The van der Waals surface area contributed by atoms with Gasteiger partial charge in [-0.2, -0.15) is 4.98 Å². The lowest BCUT2D eigenvalue weighted by molar-refractivity contribution is 0.395. The lowest BCUT2D eigenvalue weighted by atomic mass is 10.1. The molecule has 0 aliphatic carbocycles. The Bertz CT molecular complexity index is 535. The number of nitrogens with two attached hydrogens (primary N) is 1. The second-order valence-corrected chi connectivity index (χ2v) is 3.52. The van der Waals surface area contributed by atoms with Crippen molar-refractivity contribution in [1.82, 2.24) is 4.98 Å². The van der Waals surface area contributed by atoms with Crippen molar-refractivity contribution in [1.29, 1.82) is 0 Å². The van der Waals surface area contributed by atoms with E-state index in [9.17, 15) is 0 Å². The molecule has 17 heavy (non-hydrogen) atoms. The SMILES string of the molecule is COc1ccc(-c2nc(N)oc2C)c(OC)c1. The zero-order chi connectivity index (χ0) is 12.4. The number of hydrogen-bond acceptors (Lipinski definition) is 5. The van der Waals surface area contributed by atoms with E-state index in [-0.39, 0.29) is 6.01 Å². The second-order valence-electron chi connectivity index (χ2n) is 3.52. The molecule has 0 unspecified atom stereocenters. The Morgan fingerprint density at radius 2 is 2.00 bits per heavy atom. The molecule has 1 aromatic carbocycles. The van der Waals surface area contributed by atoms with Gasteiger partial charge >= 0.3 is 0 Å². The number of methoxy groups -OCH3 is 2. The van der Waals surface area contributed by atoms with Crippen LogP contribution in [0.15, 0.2) is 22.6 Å². The van der Waals surface area contributed by atoms with Crippen LogP contribution >= 0.6 is 0 Å². The summed E-state index contributed by atoms with van der Waals surface area (Å²) >= 11 is 0. The van der Waals surface area contributed by atoms with Crippen molar-refractivity contribution in [3.05, 3.63) is 24.0 Å². The summed E-state index contributed by atoms with van der Waals surface area (Å²) in [6.07, 6.45) is 0. The molecule has 2 N–H and O–H groups in total. The number of oxazole rings is 1. The molecular formula is C12H14N2O3. The van der Waals surface area contributed by atoms with Crippen molar-refractivity contribution in [2.75, 3.05) is 20.0 Å². The molecule has 0 fully saturated rings. The van der Waals surface area contributed by atoms with E-state index in [1.54, 1.807) is 20.3 Å². The van der Waals surface area contributed by atoms with Crippen LogP contribution in [0, 0.1) is 6.92 Å². The summed E-state index contributed by atoms with van der Waals surface area (Å²) in [4.78, 5) is 4.13. The Kier molecular flexibility index (Phi) is 2.91. The molecule has 2 aromatic rings. The van der Waals surface area contributed by atoms with Gasteiger partial charge in [-0.1, -0.05) is 0 Å². The maximum atomic E-state index is 5.52. The van der Waals surface area contributed by atoms with Gasteiger partial charge in [0.05, 0.1) is 14.2 Å². The van der Waals surface area contributed by atoms with E-state index < -0.39 is 0 Å². The minimum Gasteiger partial charge on any atom is -0.497 e. The number of ether oxygens (including phenoxy) is 2. The van der Waals surface area contributed by atoms with Crippen molar-refractivity contribution in [2.45, 2.75) is 6.92 Å². The highest BCUT2D eigenvalue weighted by Crippen LogP contribution is 2.34. The molecule has 0 aliphatic rings. The predicted octanol–water partition coefficient (Wildman–Crippen LogP) is 2.25.